The molecule has 0 saturated heterocycles. The second-order valence-electron chi connectivity index (χ2n) is 4.12. The van der Waals surface area contributed by atoms with Crippen molar-refractivity contribution in [3.8, 4) is 0 Å². The zero-order valence-corrected chi connectivity index (χ0v) is 9.47. The predicted molar refractivity (Wildman–Crippen MR) is 54.1 cm³/mol. The Balaban J connectivity index is 2.79. The molecule has 0 N–H and O–H groups in total. The van der Waals surface area contributed by atoms with Gasteiger partial charge in [0.05, 0.1) is 6.26 Å². The van der Waals surface area contributed by atoms with Crippen molar-refractivity contribution < 1.29 is 8.42 Å². The highest BCUT2D eigenvalue weighted by Crippen LogP contribution is 2.26. The molecule has 0 amide bonds. The summed E-state index contributed by atoms with van der Waals surface area (Å²) >= 11 is 0. The molecule has 1 aliphatic carbocycles. The molecular formula is C9H19NO2S. The zero-order valence-electron chi connectivity index (χ0n) is 8.66. The summed E-state index contributed by atoms with van der Waals surface area (Å²) in [6.45, 7) is 3.89. The fourth-order valence-electron chi connectivity index (χ4n) is 2.23. The van der Waals surface area contributed by atoms with Gasteiger partial charge in [-0.25, -0.2) is 8.42 Å². The first-order chi connectivity index (χ1) is 5.93. The van der Waals surface area contributed by atoms with E-state index in [9.17, 15) is 8.42 Å². The van der Waals surface area contributed by atoms with Crippen LogP contribution in [0.5, 0.6) is 0 Å². The normalized spacial score (nSPS) is 20.4. The minimum absolute atomic E-state index is 0.0955. The van der Waals surface area contributed by atoms with Gasteiger partial charge >= 0.3 is 0 Å². The van der Waals surface area contributed by atoms with E-state index in [4.69, 9.17) is 0 Å². The van der Waals surface area contributed by atoms with Gasteiger partial charge in [0.1, 0.15) is 0 Å². The van der Waals surface area contributed by atoms with Crippen LogP contribution in [0, 0.1) is 0 Å². The fourth-order valence-corrected chi connectivity index (χ4v) is 3.75. The Bertz CT molecular complexity index is 253. The highest BCUT2D eigenvalue weighted by Gasteiger charge is 2.30. The summed E-state index contributed by atoms with van der Waals surface area (Å²) in [4.78, 5) is 0. The summed E-state index contributed by atoms with van der Waals surface area (Å²) in [5, 5.41) is 0. The molecule has 0 aromatic heterocycles. The van der Waals surface area contributed by atoms with E-state index in [0.29, 0.717) is 0 Å². The monoisotopic (exact) mass is 205 g/mol. The molecule has 4 heteroatoms. The highest BCUT2D eigenvalue weighted by molar-refractivity contribution is 7.88. The SMILES string of the molecule is CC(C)N(C1CCCC1)S(C)(=O)=O. The van der Waals surface area contributed by atoms with E-state index in [-0.39, 0.29) is 12.1 Å². The maximum atomic E-state index is 11.5. The molecule has 0 atom stereocenters. The number of nitrogens with zero attached hydrogens (tertiary/aromatic N) is 1. The second kappa shape index (κ2) is 3.96. The molecule has 0 aromatic rings. The Kier molecular flexibility index (Phi) is 3.35. The van der Waals surface area contributed by atoms with Crippen LogP contribution in [-0.4, -0.2) is 31.1 Å². The van der Waals surface area contributed by atoms with E-state index in [1.165, 1.54) is 19.1 Å². The Morgan fingerprint density at radius 3 is 2.00 bits per heavy atom. The van der Waals surface area contributed by atoms with Crippen molar-refractivity contribution in [2.45, 2.75) is 51.6 Å². The molecule has 1 fully saturated rings. The maximum absolute atomic E-state index is 11.5. The van der Waals surface area contributed by atoms with Crippen LogP contribution in [0.25, 0.3) is 0 Å². The van der Waals surface area contributed by atoms with Crippen LogP contribution in [0.3, 0.4) is 0 Å². The molecule has 3 nitrogen and oxygen atoms in total. The minimum atomic E-state index is -3.01. The summed E-state index contributed by atoms with van der Waals surface area (Å²) < 4.78 is 24.6. The third-order valence-corrected chi connectivity index (χ3v) is 4.06. The van der Waals surface area contributed by atoms with E-state index < -0.39 is 10.0 Å². The van der Waals surface area contributed by atoms with Gasteiger partial charge in [0, 0.05) is 12.1 Å². The zero-order chi connectivity index (χ0) is 10.1. The minimum Gasteiger partial charge on any atom is -0.212 e. The van der Waals surface area contributed by atoms with Gasteiger partial charge in [0.25, 0.3) is 0 Å². The van der Waals surface area contributed by atoms with Crippen molar-refractivity contribution in [1.29, 1.82) is 0 Å². The van der Waals surface area contributed by atoms with Gasteiger partial charge in [-0.15, -0.1) is 0 Å². The third-order valence-electron chi connectivity index (χ3n) is 2.58. The Morgan fingerprint density at radius 2 is 1.69 bits per heavy atom. The quantitative estimate of drug-likeness (QED) is 0.702. The molecule has 0 unspecified atom stereocenters. The summed E-state index contributed by atoms with van der Waals surface area (Å²) in [6.07, 6.45) is 5.72. The first-order valence-corrected chi connectivity index (χ1v) is 6.76. The third kappa shape index (κ3) is 2.68. The van der Waals surface area contributed by atoms with Gasteiger partial charge in [-0.3, -0.25) is 0 Å². The van der Waals surface area contributed by atoms with E-state index in [2.05, 4.69) is 0 Å². The molecule has 13 heavy (non-hydrogen) atoms. The van der Waals surface area contributed by atoms with Gasteiger partial charge in [-0.05, 0) is 26.7 Å². The molecule has 78 valence electrons. The lowest BCUT2D eigenvalue weighted by atomic mass is 10.2. The van der Waals surface area contributed by atoms with Crippen molar-refractivity contribution in [2.75, 3.05) is 6.26 Å². The number of hydrogen-bond acceptors (Lipinski definition) is 2. The summed E-state index contributed by atoms with van der Waals surface area (Å²) in [5.74, 6) is 0. The fraction of sp³-hybridized carbons (Fsp3) is 1.00. The van der Waals surface area contributed by atoms with Crippen molar-refractivity contribution >= 4 is 10.0 Å². The van der Waals surface area contributed by atoms with Crippen LogP contribution in [0.1, 0.15) is 39.5 Å². The van der Waals surface area contributed by atoms with Gasteiger partial charge in [-0.1, -0.05) is 12.8 Å². The molecule has 1 saturated carbocycles. The Morgan fingerprint density at radius 1 is 1.23 bits per heavy atom. The second-order valence-corrected chi connectivity index (χ2v) is 6.01. The molecule has 0 spiro atoms. The average molecular weight is 205 g/mol. The molecule has 0 radical (unpaired) electrons. The molecule has 0 heterocycles. The molecule has 0 aromatic carbocycles. The van der Waals surface area contributed by atoms with E-state index in [1.807, 2.05) is 13.8 Å². The van der Waals surface area contributed by atoms with Crippen LogP contribution >= 0.6 is 0 Å². The van der Waals surface area contributed by atoms with Crippen molar-refractivity contribution in [3.05, 3.63) is 0 Å². The standard InChI is InChI=1S/C9H19NO2S/c1-8(2)10(13(3,11)12)9-6-4-5-7-9/h8-9H,4-7H2,1-3H3. The molecule has 0 aliphatic heterocycles. The Hall–Kier alpha value is -0.0900. The maximum Gasteiger partial charge on any atom is 0.211 e. The summed E-state index contributed by atoms with van der Waals surface area (Å²) in [7, 11) is -3.01. The van der Waals surface area contributed by atoms with E-state index >= 15 is 0 Å². The van der Waals surface area contributed by atoms with Gasteiger partial charge < -0.3 is 0 Å². The predicted octanol–water partition coefficient (Wildman–Crippen LogP) is 1.60. The molecule has 1 rings (SSSR count). The van der Waals surface area contributed by atoms with Crippen molar-refractivity contribution in [2.24, 2.45) is 0 Å². The highest BCUT2D eigenvalue weighted by atomic mass is 32.2. The Labute approximate surface area is 81.2 Å². The molecule has 1 aliphatic rings. The van der Waals surface area contributed by atoms with Crippen LogP contribution in [0.15, 0.2) is 0 Å². The number of rotatable bonds is 3. The topological polar surface area (TPSA) is 37.4 Å². The van der Waals surface area contributed by atoms with Crippen LogP contribution < -0.4 is 0 Å². The van der Waals surface area contributed by atoms with Gasteiger partial charge in [0.15, 0.2) is 0 Å². The number of sulfonamides is 1. The first kappa shape index (κ1) is 11.0. The number of hydrogen-bond donors (Lipinski definition) is 0. The average Bonchev–Trinajstić information content (AvgIpc) is 2.34. The molecular weight excluding hydrogens is 186 g/mol. The lowest BCUT2D eigenvalue weighted by Crippen LogP contribution is -2.42. The van der Waals surface area contributed by atoms with E-state index in [1.54, 1.807) is 4.31 Å². The lowest BCUT2D eigenvalue weighted by Gasteiger charge is -2.29. The van der Waals surface area contributed by atoms with Crippen LogP contribution in [0.4, 0.5) is 0 Å². The van der Waals surface area contributed by atoms with E-state index in [0.717, 1.165) is 12.8 Å². The van der Waals surface area contributed by atoms with Crippen LogP contribution in [-0.2, 0) is 10.0 Å². The van der Waals surface area contributed by atoms with Crippen LogP contribution in [0.2, 0.25) is 0 Å². The molecule has 0 bridgehead atoms. The smallest absolute Gasteiger partial charge is 0.211 e. The lowest BCUT2D eigenvalue weighted by molar-refractivity contribution is 0.277. The van der Waals surface area contributed by atoms with Gasteiger partial charge in [0.2, 0.25) is 10.0 Å². The van der Waals surface area contributed by atoms with Gasteiger partial charge in [-0.2, -0.15) is 4.31 Å². The van der Waals surface area contributed by atoms with Crippen molar-refractivity contribution in [3.63, 3.8) is 0 Å². The summed E-state index contributed by atoms with van der Waals surface area (Å²) in [6, 6.07) is 0.355. The van der Waals surface area contributed by atoms with Crippen molar-refractivity contribution in [1.82, 2.24) is 4.31 Å². The first-order valence-electron chi connectivity index (χ1n) is 4.91. The summed E-state index contributed by atoms with van der Waals surface area (Å²) in [5.41, 5.74) is 0. The largest absolute Gasteiger partial charge is 0.212 e.